The summed E-state index contributed by atoms with van der Waals surface area (Å²) in [5.41, 5.74) is 0. The number of hydrogen-bond donors (Lipinski definition) is 4. The highest BCUT2D eigenvalue weighted by Gasteiger charge is 2.24. The van der Waals surface area contributed by atoms with Crippen LogP contribution in [0.3, 0.4) is 0 Å². The van der Waals surface area contributed by atoms with Crippen molar-refractivity contribution in [2.24, 2.45) is 5.92 Å². The molecule has 0 rings (SSSR count). The predicted octanol–water partition coefficient (Wildman–Crippen LogP) is 4.41. The summed E-state index contributed by atoms with van der Waals surface area (Å²) >= 11 is 0. The Balaban J connectivity index is 0. The lowest BCUT2D eigenvalue weighted by Gasteiger charge is -2.06. The first-order valence-corrected chi connectivity index (χ1v) is 10.1. The molecule has 0 aromatic carbocycles. The predicted molar refractivity (Wildman–Crippen MR) is 104 cm³/mol. The van der Waals surface area contributed by atoms with Crippen molar-refractivity contribution in [3.8, 4) is 0 Å². The van der Waals surface area contributed by atoms with Crippen molar-refractivity contribution in [3.05, 3.63) is 0 Å². The Kier molecular flexibility index (Phi) is 19.7. The number of aliphatic carboxylic acids is 4. The Morgan fingerprint density at radius 1 is 0.571 bits per heavy atom. The molecule has 0 aliphatic carbocycles. The maximum Gasteiger partial charge on any atom is 0.317 e. The number of hydrogen-bond acceptors (Lipinski definition) is 4. The van der Waals surface area contributed by atoms with Crippen LogP contribution >= 0.6 is 0 Å². The van der Waals surface area contributed by atoms with Crippen LogP contribution in [0.1, 0.15) is 96.8 Å². The zero-order valence-electron chi connectivity index (χ0n) is 16.9. The van der Waals surface area contributed by atoms with E-state index in [0.717, 1.165) is 64.2 Å². The fourth-order valence-electron chi connectivity index (χ4n) is 2.56. The quantitative estimate of drug-likeness (QED) is 0.206. The Morgan fingerprint density at radius 3 is 1.29 bits per heavy atom. The van der Waals surface area contributed by atoms with Crippen molar-refractivity contribution in [2.45, 2.75) is 96.8 Å². The lowest BCUT2D eigenvalue weighted by molar-refractivity contribution is -0.155. The first-order valence-electron chi connectivity index (χ1n) is 10.1. The van der Waals surface area contributed by atoms with E-state index >= 15 is 0 Å². The van der Waals surface area contributed by atoms with Crippen LogP contribution in [0.25, 0.3) is 0 Å². The van der Waals surface area contributed by atoms with E-state index in [-0.39, 0.29) is 19.3 Å². The second-order valence-electron chi connectivity index (χ2n) is 6.84. The molecule has 0 amide bonds. The molecule has 0 aliphatic rings. The van der Waals surface area contributed by atoms with Crippen LogP contribution in [0.15, 0.2) is 0 Å². The average molecular weight is 405 g/mol. The van der Waals surface area contributed by atoms with Gasteiger partial charge in [0.1, 0.15) is 0 Å². The molecule has 0 radical (unpaired) electrons. The third kappa shape index (κ3) is 21.9. The highest BCUT2D eigenvalue weighted by atomic mass is 16.4. The van der Waals surface area contributed by atoms with E-state index < -0.39 is 29.8 Å². The molecule has 0 spiro atoms. The number of carbonyl (C=O) groups is 4. The summed E-state index contributed by atoms with van der Waals surface area (Å²) in [6.07, 6.45) is 11.0. The molecule has 0 atom stereocenters. The van der Waals surface area contributed by atoms with Crippen LogP contribution in [0.4, 0.5) is 0 Å². The van der Waals surface area contributed by atoms with E-state index in [9.17, 15) is 19.2 Å². The Hall–Kier alpha value is -2.12. The lowest BCUT2D eigenvalue weighted by atomic mass is 10.0. The third-order valence-corrected chi connectivity index (χ3v) is 4.22. The molecular formula is C20H36O8. The summed E-state index contributed by atoms with van der Waals surface area (Å²) in [6, 6.07) is 0. The van der Waals surface area contributed by atoms with E-state index in [1.807, 2.05) is 0 Å². The standard InChI is InChI=1S/2C10H18O4/c1-2-3-4-5-6-7-8(9(11)12)10(13)14;11-9(12)7-5-3-1-2-4-6-8-10(13)14/h8H,2-7H2,1H3,(H,11,12)(H,13,14);1-8H2,(H,11,12)(H,13,14). The van der Waals surface area contributed by atoms with Gasteiger partial charge in [-0.25, -0.2) is 0 Å². The van der Waals surface area contributed by atoms with E-state index in [4.69, 9.17) is 20.4 Å². The van der Waals surface area contributed by atoms with Gasteiger partial charge in [0.15, 0.2) is 5.92 Å². The maximum atomic E-state index is 10.5. The molecular weight excluding hydrogens is 368 g/mol. The van der Waals surface area contributed by atoms with Crippen LogP contribution < -0.4 is 0 Å². The van der Waals surface area contributed by atoms with E-state index in [2.05, 4.69) is 6.92 Å². The van der Waals surface area contributed by atoms with E-state index in [1.165, 1.54) is 0 Å². The number of rotatable bonds is 17. The van der Waals surface area contributed by atoms with Gasteiger partial charge in [0.05, 0.1) is 0 Å². The summed E-state index contributed by atoms with van der Waals surface area (Å²) in [5.74, 6) is -5.16. The van der Waals surface area contributed by atoms with Gasteiger partial charge in [-0.1, -0.05) is 64.7 Å². The largest absolute Gasteiger partial charge is 0.481 e. The number of carboxylic acid groups (broad SMARTS) is 4. The van der Waals surface area contributed by atoms with Gasteiger partial charge in [0.2, 0.25) is 0 Å². The minimum atomic E-state index is -1.23. The molecule has 0 bridgehead atoms. The topological polar surface area (TPSA) is 149 Å². The minimum Gasteiger partial charge on any atom is -0.481 e. The van der Waals surface area contributed by atoms with Crippen molar-refractivity contribution in [1.82, 2.24) is 0 Å². The van der Waals surface area contributed by atoms with Gasteiger partial charge in [0.25, 0.3) is 0 Å². The van der Waals surface area contributed by atoms with Crippen LogP contribution in [0.5, 0.6) is 0 Å². The van der Waals surface area contributed by atoms with Crippen molar-refractivity contribution in [1.29, 1.82) is 0 Å². The SMILES string of the molecule is CCCCCCCC(C(=O)O)C(=O)O.O=C(O)CCCCCCCCC(=O)O. The van der Waals surface area contributed by atoms with Gasteiger partial charge in [-0.05, 0) is 19.3 Å². The van der Waals surface area contributed by atoms with Gasteiger partial charge in [-0.15, -0.1) is 0 Å². The van der Waals surface area contributed by atoms with Crippen LogP contribution in [0.2, 0.25) is 0 Å². The van der Waals surface area contributed by atoms with Crippen LogP contribution in [-0.4, -0.2) is 44.3 Å². The molecule has 0 saturated heterocycles. The first kappa shape index (κ1) is 28.1. The highest BCUT2D eigenvalue weighted by molar-refractivity contribution is 5.92. The second kappa shape index (κ2) is 19.6. The number of unbranched alkanes of at least 4 members (excludes halogenated alkanes) is 9. The number of carboxylic acids is 4. The normalized spacial score (nSPS) is 10.2. The summed E-state index contributed by atoms with van der Waals surface area (Å²) < 4.78 is 0. The fourth-order valence-corrected chi connectivity index (χ4v) is 2.56. The zero-order valence-corrected chi connectivity index (χ0v) is 16.9. The molecule has 0 heterocycles. The molecule has 28 heavy (non-hydrogen) atoms. The average Bonchev–Trinajstić information content (AvgIpc) is 2.59. The molecule has 4 N–H and O–H groups in total. The summed E-state index contributed by atoms with van der Waals surface area (Å²) in [6.45, 7) is 2.09. The van der Waals surface area contributed by atoms with Crippen molar-refractivity contribution in [2.75, 3.05) is 0 Å². The molecule has 0 aliphatic heterocycles. The Bertz CT molecular complexity index is 413. The Morgan fingerprint density at radius 2 is 0.929 bits per heavy atom. The van der Waals surface area contributed by atoms with Gasteiger partial charge >= 0.3 is 23.9 Å². The monoisotopic (exact) mass is 404 g/mol. The van der Waals surface area contributed by atoms with E-state index in [1.54, 1.807) is 0 Å². The second-order valence-corrected chi connectivity index (χ2v) is 6.84. The minimum absolute atomic E-state index is 0.244. The molecule has 0 unspecified atom stereocenters. The van der Waals surface area contributed by atoms with Crippen LogP contribution in [-0.2, 0) is 19.2 Å². The van der Waals surface area contributed by atoms with Gasteiger partial charge in [-0.2, -0.15) is 0 Å². The third-order valence-electron chi connectivity index (χ3n) is 4.22. The molecule has 164 valence electrons. The van der Waals surface area contributed by atoms with E-state index in [0.29, 0.717) is 6.42 Å². The molecule has 8 heteroatoms. The molecule has 8 nitrogen and oxygen atoms in total. The summed E-state index contributed by atoms with van der Waals surface area (Å²) in [4.78, 5) is 41.2. The van der Waals surface area contributed by atoms with Gasteiger partial charge < -0.3 is 20.4 Å². The van der Waals surface area contributed by atoms with Gasteiger partial charge in [-0.3, -0.25) is 19.2 Å². The molecule has 0 aromatic rings. The lowest BCUT2D eigenvalue weighted by Crippen LogP contribution is -2.23. The molecule has 0 saturated carbocycles. The molecule has 0 fully saturated rings. The summed E-state index contributed by atoms with van der Waals surface area (Å²) in [7, 11) is 0. The Labute approximate surface area is 167 Å². The maximum absolute atomic E-state index is 10.5. The highest BCUT2D eigenvalue weighted by Crippen LogP contribution is 2.12. The van der Waals surface area contributed by atoms with Crippen molar-refractivity contribution >= 4 is 23.9 Å². The summed E-state index contributed by atoms with van der Waals surface area (Å²) in [5, 5.41) is 33.8. The smallest absolute Gasteiger partial charge is 0.317 e. The van der Waals surface area contributed by atoms with Crippen molar-refractivity contribution in [3.63, 3.8) is 0 Å². The fraction of sp³-hybridized carbons (Fsp3) is 0.800. The van der Waals surface area contributed by atoms with Gasteiger partial charge in [0, 0.05) is 12.8 Å². The van der Waals surface area contributed by atoms with Crippen molar-refractivity contribution < 1.29 is 39.6 Å². The first-order chi connectivity index (χ1) is 13.2. The van der Waals surface area contributed by atoms with Crippen LogP contribution in [0, 0.1) is 5.92 Å². The zero-order chi connectivity index (χ0) is 21.8. The molecule has 0 aromatic heterocycles.